The molecule has 2 aliphatic carbocycles. The van der Waals surface area contributed by atoms with E-state index in [-0.39, 0.29) is 110 Å². The number of ketones is 6. The quantitative estimate of drug-likeness (QED) is 0.0354. The predicted molar refractivity (Wildman–Crippen MR) is 509 cm³/mol. The first kappa shape index (κ1) is 114. The standard InChI is InChI=1S/C55H83NO14.C51H79NO13/c1-12-18-48(58)68-44-25-23-40(30-47(44)66-10)29-36(5)46-32-43(57)35(4)28-38(7)50(60)51(67-11)49(59)37(6)27-33(2)19-14-13-15-20-34(3)45(65-9)31-41-24-22-39(8)55(64,70-41)52(61)53(62)56-26-17-16-21-42(56)54(63)69-46;1-30-16-12-11-13-17-31(2)42(61-8)28-38-21-19-36(7)51(60,65-38)48(57)49(58)52-23-15-14-18-39(52)50(59)64-43(33(4)26-37-20-22-40(53)44(27-37)62-9)29-41(54)32(3)25-35(6)46(56)47(63-10)45(55)34(5)24-30/h12-15,18-20,28,33,35-37,39-42,44-47,50-51,60,64H,16-17,21-27,29-32H2,1-11H3;11-13,16-17,25,30,32-34,36-40,42-44,46-47,53,56,60H,14-15,18-24,26-29H2,1-10H3/b15-13+,18-12+,19-14+,34-20+,38-28+;13-11?,16-12+,31-17?,35-25+/t33-,35-,36-,37-,39-,40+,41+,42+,44-,45+,46+,47-,50-,51+,55-;30-,32-,33-,34-,36-,37+,38+,39+,40-,42+,43+,44-,46-,47+,51-/m11/s1. The van der Waals surface area contributed by atoms with Crippen molar-refractivity contribution in [3.8, 4) is 0 Å². The molecule has 0 aromatic carbocycles. The molecule has 29 heteroatoms. The van der Waals surface area contributed by atoms with E-state index in [9.17, 15) is 78.3 Å². The number of carbonyl (C=O) groups excluding carboxylic acids is 11. The number of ether oxygens (including phenoxy) is 11. The molecule has 6 fully saturated rings. The van der Waals surface area contributed by atoms with Crippen LogP contribution in [0.4, 0.5) is 0 Å². The third-order valence-electron chi connectivity index (χ3n) is 29.5. The number of amides is 2. The lowest BCUT2D eigenvalue weighted by molar-refractivity contribution is -0.265. The van der Waals surface area contributed by atoms with Gasteiger partial charge in [-0.05, 0) is 221 Å². The highest BCUT2D eigenvalue weighted by Crippen LogP contribution is 2.42. The molecule has 8 aliphatic rings. The molecule has 4 saturated heterocycles. The Balaban J connectivity index is 0.000000369. The summed E-state index contributed by atoms with van der Waals surface area (Å²) in [5, 5.41) is 57.3. The summed E-state index contributed by atoms with van der Waals surface area (Å²) in [4.78, 5) is 156. The van der Waals surface area contributed by atoms with Crippen molar-refractivity contribution < 1.29 is 130 Å². The minimum Gasteiger partial charge on any atom is -0.460 e. The highest BCUT2D eigenvalue weighted by Gasteiger charge is 2.56. The highest BCUT2D eigenvalue weighted by atomic mass is 16.6. The number of aliphatic hydroxyl groups is 5. The zero-order chi connectivity index (χ0) is 100. The Morgan fingerprint density at radius 3 is 1.25 bits per heavy atom. The number of carbonyl (C=O) groups is 11. The van der Waals surface area contributed by atoms with Crippen LogP contribution in [0.2, 0.25) is 0 Å². The van der Waals surface area contributed by atoms with Gasteiger partial charge in [0.25, 0.3) is 23.4 Å². The van der Waals surface area contributed by atoms with Crippen LogP contribution in [0.25, 0.3) is 0 Å². The van der Waals surface area contributed by atoms with E-state index in [1.165, 1.54) is 30.1 Å². The Hall–Kier alpha value is -7.49. The van der Waals surface area contributed by atoms with E-state index in [4.69, 9.17) is 52.1 Å². The second-order valence-corrected chi connectivity index (χ2v) is 40.1. The van der Waals surface area contributed by atoms with Gasteiger partial charge in [-0.1, -0.05) is 148 Å². The van der Waals surface area contributed by atoms with E-state index in [0.29, 0.717) is 133 Å². The fourth-order valence-electron chi connectivity index (χ4n) is 20.7. The number of cyclic esters (lactones) is 2. The van der Waals surface area contributed by atoms with Crippen LogP contribution >= 0.6 is 0 Å². The molecule has 0 aromatic heterocycles. The maximum absolute atomic E-state index is 14.5. The molecular formula is C106H162N2O27. The fraction of sp³-hybridized carbons (Fsp3) is 0.726. The number of Topliss-reactive ketones (excluding diaryl/α,β-unsaturated/α-hetero) is 6. The zero-order valence-electron chi connectivity index (χ0n) is 84.2. The molecule has 0 unspecified atom stereocenters. The summed E-state index contributed by atoms with van der Waals surface area (Å²) in [6.45, 7) is 27.2. The molecule has 5 N–H and O–H groups in total. The highest BCUT2D eigenvalue weighted by molar-refractivity contribution is 6.39. The summed E-state index contributed by atoms with van der Waals surface area (Å²) in [5.74, 6) is -16.6. The SMILES string of the molecule is C/C=C/C(=O)O[C@@H]1CC[C@@H](C[C@@H](C)[C@@H]2CC(=O)[C@H](C)/C=C(\C)[C@@H](O)[C@@H](OC)C(=O)[C@H](C)C[C@H](C)/C=C/C=C/C=C(\C)[C@@H](OC)C[C@@H]3CC[C@@H](C)[C@@](O)(O3)C(=O)C(=O)N3CCCC[C@H]3C(=O)O2)C[C@H]1OC.CO[C@H]1C[C@@H]2CC[C@@H](C)[C@@](O)(O2)C(=O)C(=O)N2CCCC[C@H]2C(=O)O[C@H]([C@H](C)C[C@@H]2CC[C@@H](O)[C@H](OC)C2)CC(=O)[C@H](C)/C=C(\C)[C@@H](O)[C@@H](OC)C(=O)[C@H](C)C[C@H](C)/C=C/C=CC=C1C. The van der Waals surface area contributed by atoms with Crippen LogP contribution in [-0.4, -0.2) is 265 Å². The topological polar surface area (TPSA) is 397 Å². The minimum absolute atomic E-state index is 0.00840. The van der Waals surface area contributed by atoms with Gasteiger partial charge in [-0.25, -0.2) is 14.4 Å². The van der Waals surface area contributed by atoms with E-state index >= 15 is 0 Å². The van der Waals surface area contributed by atoms with Gasteiger partial charge in [0.15, 0.2) is 11.6 Å². The van der Waals surface area contributed by atoms with E-state index in [1.54, 1.807) is 95.1 Å². The van der Waals surface area contributed by atoms with Gasteiger partial charge in [0, 0.05) is 123 Å². The average molecular weight is 1900 g/mol. The van der Waals surface area contributed by atoms with Crippen molar-refractivity contribution in [2.75, 3.05) is 55.7 Å². The van der Waals surface area contributed by atoms with Crippen molar-refractivity contribution in [1.82, 2.24) is 9.80 Å². The number of hydrogen-bond donors (Lipinski definition) is 5. The number of piperidine rings is 2. The van der Waals surface area contributed by atoms with Gasteiger partial charge in [0.1, 0.15) is 66.4 Å². The van der Waals surface area contributed by atoms with Crippen molar-refractivity contribution in [2.45, 2.75) is 367 Å². The summed E-state index contributed by atoms with van der Waals surface area (Å²) in [7, 11) is 9.04. The Bertz CT molecular complexity index is 4230. The van der Waals surface area contributed by atoms with E-state index in [2.05, 4.69) is 0 Å². The first-order chi connectivity index (χ1) is 63.9. The third-order valence-corrected chi connectivity index (χ3v) is 29.5. The van der Waals surface area contributed by atoms with E-state index in [0.717, 1.165) is 17.6 Å². The number of rotatable bonds is 14. The van der Waals surface area contributed by atoms with Crippen molar-refractivity contribution in [1.29, 1.82) is 0 Å². The molecule has 0 spiro atoms. The molecule has 29 nitrogen and oxygen atoms in total. The smallest absolute Gasteiger partial charge is 0.330 e. The van der Waals surface area contributed by atoms with E-state index < -0.39 is 174 Å². The number of fused-ring (bicyclic) bond motifs is 6. The Kier molecular flexibility index (Phi) is 46.6. The molecule has 6 aliphatic heterocycles. The van der Waals surface area contributed by atoms with Crippen LogP contribution in [0.1, 0.15) is 258 Å². The summed E-state index contributed by atoms with van der Waals surface area (Å²) in [6.07, 6.45) is 25.1. The van der Waals surface area contributed by atoms with Gasteiger partial charge in [-0.3, -0.25) is 38.4 Å². The molecule has 758 valence electrons. The molecule has 6 heterocycles. The molecule has 135 heavy (non-hydrogen) atoms. The first-order valence-corrected chi connectivity index (χ1v) is 49.4. The normalized spacial score (nSPS) is 38.7. The average Bonchev–Trinajstić information content (AvgIpc) is 0.774. The van der Waals surface area contributed by atoms with E-state index in [1.807, 2.05) is 116 Å². The summed E-state index contributed by atoms with van der Waals surface area (Å²) < 4.78 is 64.7. The predicted octanol–water partition coefficient (Wildman–Crippen LogP) is 13.5. The number of methoxy groups -OCH3 is 6. The molecule has 2 amide bonds. The van der Waals surface area contributed by atoms with Gasteiger partial charge >= 0.3 is 17.9 Å². The molecule has 8 rings (SSSR count). The Morgan fingerprint density at radius 1 is 0.467 bits per heavy atom. The van der Waals surface area contributed by atoms with Crippen molar-refractivity contribution in [3.05, 3.63) is 107 Å². The molecule has 0 radical (unpaired) electrons. The lowest BCUT2D eigenvalue weighted by Gasteiger charge is -2.42. The number of esters is 3. The van der Waals surface area contributed by atoms with Crippen LogP contribution in [0.5, 0.6) is 0 Å². The maximum Gasteiger partial charge on any atom is 0.330 e. The Morgan fingerprint density at radius 2 is 0.867 bits per heavy atom. The molecule has 2 saturated carbocycles. The second-order valence-electron chi connectivity index (χ2n) is 40.1. The largest absolute Gasteiger partial charge is 0.460 e. The molecule has 4 bridgehead atoms. The zero-order valence-corrected chi connectivity index (χ0v) is 84.2. The summed E-state index contributed by atoms with van der Waals surface area (Å²) >= 11 is 0. The van der Waals surface area contributed by atoms with Crippen LogP contribution in [-0.2, 0) is 105 Å². The van der Waals surface area contributed by atoms with Gasteiger partial charge in [-0.2, -0.15) is 0 Å². The molecular weight excluding hydrogens is 1730 g/mol. The lowest BCUT2D eigenvalue weighted by Crippen LogP contribution is -2.61. The van der Waals surface area contributed by atoms with Crippen molar-refractivity contribution in [2.24, 2.45) is 71.0 Å². The van der Waals surface area contributed by atoms with Gasteiger partial charge < -0.3 is 87.4 Å². The van der Waals surface area contributed by atoms with Gasteiger partial charge in [0.05, 0.1) is 42.7 Å². The van der Waals surface area contributed by atoms with Crippen LogP contribution < -0.4 is 0 Å². The van der Waals surface area contributed by atoms with Gasteiger partial charge in [-0.15, -0.1) is 0 Å². The first-order valence-electron chi connectivity index (χ1n) is 49.4. The molecule has 30 atom stereocenters. The van der Waals surface area contributed by atoms with Crippen LogP contribution in [0, 0.1) is 71.0 Å². The molecule has 0 aromatic rings. The summed E-state index contributed by atoms with van der Waals surface area (Å²) in [5.41, 5.74) is 2.51. The van der Waals surface area contributed by atoms with Crippen molar-refractivity contribution >= 4 is 64.4 Å². The monoisotopic (exact) mass is 1900 g/mol. The fourth-order valence-corrected chi connectivity index (χ4v) is 20.7. The Labute approximate surface area is 801 Å². The number of hydrogen-bond acceptors (Lipinski definition) is 27. The lowest BCUT2D eigenvalue weighted by atomic mass is 9.78. The van der Waals surface area contributed by atoms with Crippen LogP contribution in [0.3, 0.4) is 0 Å². The number of allylic oxidation sites excluding steroid dienone is 13. The number of aliphatic hydroxyl groups excluding tert-OH is 3. The van der Waals surface area contributed by atoms with Gasteiger partial charge in [0.2, 0.25) is 11.6 Å². The van der Waals surface area contributed by atoms with Crippen molar-refractivity contribution in [3.63, 3.8) is 0 Å². The number of nitrogens with zero attached hydrogens (tertiary/aromatic N) is 2. The minimum atomic E-state index is -2.45. The third kappa shape index (κ3) is 32.0. The summed E-state index contributed by atoms with van der Waals surface area (Å²) in [6, 6.07) is -2.30. The van der Waals surface area contributed by atoms with Crippen LogP contribution in [0.15, 0.2) is 107 Å². The second kappa shape index (κ2) is 54.9. The maximum atomic E-state index is 14.5.